The fourth-order valence-corrected chi connectivity index (χ4v) is 5.10. The molecule has 1 amide bonds. The zero-order valence-corrected chi connectivity index (χ0v) is 23.0. The molecule has 1 aromatic heterocycles. The Morgan fingerprint density at radius 3 is 2.61 bits per heavy atom. The molecule has 2 heterocycles. The number of nitrogens with zero attached hydrogens (tertiary/aromatic N) is 4. The van der Waals surface area contributed by atoms with Gasteiger partial charge in [-0.3, -0.25) is 14.6 Å². The molecule has 8 heteroatoms. The largest absolute Gasteiger partial charge is 0.354 e. The van der Waals surface area contributed by atoms with Gasteiger partial charge >= 0.3 is 0 Å². The number of amides is 1. The van der Waals surface area contributed by atoms with Crippen molar-refractivity contribution in [3.63, 3.8) is 0 Å². The summed E-state index contributed by atoms with van der Waals surface area (Å²) in [6.07, 6.45) is 1.84. The molecule has 4 aromatic rings. The molecule has 0 atom stereocenters. The molecule has 38 heavy (non-hydrogen) atoms. The summed E-state index contributed by atoms with van der Waals surface area (Å²) in [7, 11) is 0. The Hall–Kier alpha value is -3.39. The Labute approximate surface area is 229 Å². The molecule has 1 saturated heterocycles. The number of hydrogen-bond acceptors (Lipinski definition) is 5. The zero-order chi connectivity index (χ0) is 26.6. The number of carbonyl (C=O) groups excluding carboxylic acids is 1. The van der Waals surface area contributed by atoms with Crippen molar-refractivity contribution in [3.05, 3.63) is 83.0 Å². The van der Waals surface area contributed by atoms with Crippen LogP contribution in [-0.4, -0.2) is 70.8 Å². The maximum absolute atomic E-state index is 12.9. The van der Waals surface area contributed by atoms with E-state index in [1.54, 1.807) is 0 Å². The van der Waals surface area contributed by atoms with Crippen LogP contribution in [0, 0.1) is 6.92 Å². The third-order valence-corrected chi connectivity index (χ3v) is 7.74. The first-order chi connectivity index (χ1) is 18.4. The van der Waals surface area contributed by atoms with Crippen molar-refractivity contribution >= 4 is 39.8 Å². The van der Waals surface area contributed by atoms with Gasteiger partial charge in [0.15, 0.2) is 0 Å². The minimum Gasteiger partial charge on any atom is -0.354 e. The molecule has 0 radical (unpaired) electrons. The van der Waals surface area contributed by atoms with Gasteiger partial charge in [-0.1, -0.05) is 29.8 Å². The van der Waals surface area contributed by atoms with E-state index in [1.165, 1.54) is 0 Å². The first-order valence-electron chi connectivity index (χ1n) is 13.2. The van der Waals surface area contributed by atoms with Crippen molar-refractivity contribution in [2.24, 2.45) is 0 Å². The highest BCUT2D eigenvalue weighted by molar-refractivity contribution is 6.34. The van der Waals surface area contributed by atoms with E-state index in [4.69, 9.17) is 11.6 Å². The molecule has 5 rings (SSSR count). The molecule has 3 aromatic carbocycles. The number of rotatable bonds is 8. The molecule has 198 valence electrons. The summed E-state index contributed by atoms with van der Waals surface area (Å²) in [5.74, 6) is -0.0642. The highest BCUT2D eigenvalue weighted by Gasteiger charge is 2.18. The maximum Gasteiger partial charge on any atom is 0.251 e. The summed E-state index contributed by atoms with van der Waals surface area (Å²) in [4.78, 5) is 17.8. The van der Waals surface area contributed by atoms with E-state index in [-0.39, 0.29) is 5.91 Å². The number of carbonyl (C=O) groups is 1. The van der Waals surface area contributed by atoms with Crippen LogP contribution in [0.25, 0.3) is 16.6 Å². The van der Waals surface area contributed by atoms with Gasteiger partial charge in [0.05, 0.1) is 28.1 Å². The number of fused-ring (bicyclic) bond motifs is 1. The van der Waals surface area contributed by atoms with Gasteiger partial charge in [-0.2, -0.15) is 5.10 Å². The SMILES string of the molecule is Cc1cccc(Nc2ccc3c(cnn3-c3cccc(C(=O)NCCN4CCN(C(C)C)CC4)c3)c2)c1Cl. The van der Waals surface area contributed by atoms with Crippen LogP contribution in [-0.2, 0) is 0 Å². The molecule has 1 fully saturated rings. The van der Waals surface area contributed by atoms with Gasteiger partial charge in [0.1, 0.15) is 0 Å². The van der Waals surface area contributed by atoms with Crippen molar-refractivity contribution in [1.82, 2.24) is 24.9 Å². The number of aryl methyl sites for hydroxylation is 1. The number of hydrogen-bond donors (Lipinski definition) is 2. The second-order valence-corrected chi connectivity index (χ2v) is 10.5. The average molecular weight is 531 g/mol. The van der Waals surface area contributed by atoms with Crippen molar-refractivity contribution in [3.8, 4) is 5.69 Å². The Kier molecular flexibility index (Phi) is 7.98. The van der Waals surface area contributed by atoms with Crippen LogP contribution in [0.2, 0.25) is 5.02 Å². The quantitative estimate of drug-likeness (QED) is 0.315. The van der Waals surface area contributed by atoms with Gasteiger partial charge < -0.3 is 10.6 Å². The first-order valence-corrected chi connectivity index (χ1v) is 13.6. The van der Waals surface area contributed by atoms with Gasteiger partial charge in [-0.15, -0.1) is 0 Å². The lowest BCUT2D eigenvalue weighted by Gasteiger charge is -2.36. The van der Waals surface area contributed by atoms with Crippen molar-refractivity contribution in [1.29, 1.82) is 0 Å². The molecule has 0 aliphatic carbocycles. The van der Waals surface area contributed by atoms with Crippen LogP contribution >= 0.6 is 11.6 Å². The third kappa shape index (κ3) is 5.85. The molecule has 1 aliphatic heterocycles. The van der Waals surface area contributed by atoms with E-state index in [1.807, 2.05) is 72.4 Å². The second kappa shape index (κ2) is 11.6. The smallest absolute Gasteiger partial charge is 0.251 e. The van der Waals surface area contributed by atoms with Gasteiger partial charge in [-0.25, -0.2) is 4.68 Å². The van der Waals surface area contributed by atoms with E-state index in [0.29, 0.717) is 23.2 Å². The molecule has 2 N–H and O–H groups in total. The van der Waals surface area contributed by atoms with Gasteiger partial charge in [0.25, 0.3) is 5.91 Å². The van der Waals surface area contributed by atoms with Crippen molar-refractivity contribution in [2.45, 2.75) is 26.8 Å². The van der Waals surface area contributed by atoms with Crippen LogP contribution in [0.3, 0.4) is 0 Å². The predicted octanol–water partition coefficient (Wildman–Crippen LogP) is 5.49. The summed E-state index contributed by atoms with van der Waals surface area (Å²) in [6, 6.07) is 20.2. The molecule has 7 nitrogen and oxygen atoms in total. The topological polar surface area (TPSA) is 65.4 Å². The first kappa shape index (κ1) is 26.2. The lowest BCUT2D eigenvalue weighted by atomic mass is 10.1. The standard InChI is InChI=1S/C30H35ClN6O/c1-21(2)36-16-14-35(15-17-36)13-12-32-30(38)23-7-5-8-26(19-23)37-28-11-10-25(18-24(28)20-33-37)34-27-9-4-6-22(3)29(27)31/h4-11,18-21,34H,12-17H2,1-3H3,(H,32,38). The summed E-state index contributed by atoms with van der Waals surface area (Å²) in [6.45, 7) is 12.2. The second-order valence-electron chi connectivity index (χ2n) is 10.2. The third-order valence-electron chi connectivity index (χ3n) is 7.24. The van der Waals surface area contributed by atoms with Crippen LogP contribution in [0.5, 0.6) is 0 Å². The van der Waals surface area contributed by atoms with E-state index in [9.17, 15) is 4.79 Å². The lowest BCUT2D eigenvalue weighted by Crippen LogP contribution is -2.50. The van der Waals surface area contributed by atoms with E-state index < -0.39 is 0 Å². The fraction of sp³-hybridized carbons (Fsp3) is 0.333. The number of piperazine rings is 1. The summed E-state index contributed by atoms with van der Waals surface area (Å²) in [5, 5.41) is 12.8. The normalized spacial score (nSPS) is 14.8. The highest BCUT2D eigenvalue weighted by Crippen LogP contribution is 2.30. The monoisotopic (exact) mass is 530 g/mol. The molecular formula is C30H35ClN6O. The average Bonchev–Trinajstić information content (AvgIpc) is 3.35. The number of halogens is 1. The molecule has 0 saturated carbocycles. The van der Waals surface area contributed by atoms with Crippen LogP contribution in [0.4, 0.5) is 11.4 Å². The van der Waals surface area contributed by atoms with Crippen molar-refractivity contribution < 1.29 is 4.79 Å². The fourth-order valence-electron chi connectivity index (χ4n) is 4.93. The van der Waals surface area contributed by atoms with Crippen LogP contribution in [0.15, 0.2) is 66.9 Å². The van der Waals surface area contributed by atoms with Crippen LogP contribution in [0.1, 0.15) is 29.8 Å². The number of anilines is 2. The minimum absolute atomic E-state index is 0.0642. The van der Waals surface area contributed by atoms with Gasteiger partial charge in [0.2, 0.25) is 0 Å². The number of aromatic nitrogens is 2. The summed E-state index contributed by atoms with van der Waals surface area (Å²) < 4.78 is 1.86. The van der Waals surface area contributed by atoms with Crippen LogP contribution < -0.4 is 10.6 Å². The van der Waals surface area contributed by atoms with Crippen molar-refractivity contribution in [2.75, 3.05) is 44.6 Å². The highest BCUT2D eigenvalue weighted by atomic mass is 35.5. The molecule has 0 unspecified atom stereocenters. The Morgan fingerprint density at radius 2 is 1.82 bits per heavy atom. The lowest BCUT2D eigenvalue weighted by molar-refractivity contribution is 0.0920. The zero-order valence-electron chi connectivity index (χ0n) is 22.2. The molecule has 0 spiro atoms. The Balaban J connectivity index is 1.23. The van der Waals surface area contributed by atoms with Gasteiger partial charge in [-0.05, 0) is 68.8 Å². The predicted molar refractivity (Wildman–Crippen MR) is 156 cm³/mol. The maximum atomic E-state index is 12.9. The minimum atomic E-state index is -0.0642. The number of benzene rings is 3. The van der Waals surface area contributed by atoms with E-state index >= 15 is 0 Å². The van der Waals surface area contributed by atoms with Gasteiger partial charge in [0, 0.05) is 61.9 Å². The molecule has 1 aliphatic rings. The van der Waals surface area contributed by atoms with E-state index in [2.05, 4.69) is 45.4 Å². The van der Waals surface area contributed by atoms with E-state index in [0.717, 1.165) is 66.3 Å². The number of nitrogens with one attached hydrogen (secondary N) is 2. The molecule has 0 bridgehead atoms. The Bertz CT molecular complexity index is 1420. The summed E-state index contributed by atoms with van der Waals surface area (Å²) in [5.41, 5.74) is 5.27. The summed E-state index contributed by atoms with van der Waals surface area (Å²) >= 11 is 6.46. The Morgan fingerprint density at radius 1 is 1.03 bits per heavy atom. The molecular weight excluding hydrogens is 496 g/mol.